The highest BCUT2D eigenvalue weighted by Gasteiger charge is 2.22. The zero-order chi connectivity index (χ0) is 16.5. The third-order valence-corrected chi connectivity index (χ3v) is 4.18. The number of pyridine rings is 1. The second-order valence-electron chi connectivity index (χ2n) is 5.61. The highest BCUT2D eigenvalue weighted by atomic mass is 19.1. The summed E-state index contributed by atoms with van der Waals surface area (Å²) in [5.74, 6) is -0.516. The van der Waals surface area contributed by atoms with E-state index in [4.69, 9.17) is 10.4 Å². The minimum Gasteiger partial charge on any atom is -0.309 e. The van der Waals surface area contributed by atoms with E-state index in [1.807, 2.05) is 22.9 Å². The van der Waals surface area contributed by atoms with Gasteiger partial charge in [-0.2, -0.15) is 10.4 Å². The molecule has 0 saturated carbocycles. The van der Waals surface area contributed by atoms with Gasteiger partial charge in [-0.1, -0.05) is 0 Å². The minimum atomic E-state index is -0.516. The molecule has 0 atom stereocenters. The molecule has 0 unspecified atom stereocenters. The number of rotatable bonds is 2. The molecule has 4 rings (SSSR count). The van der Waals surface area contributed by atoms with Crippen LogP contribution in [0.1, 0.15) is 11.3 Å². The third kappa shape index (κ3) is 2.36. The number of nitrogens with zero attached hydrogens (tertiary/aromatic N) is 4. The van der Waals surface area contributed by atoms with Gasteiger partial charge in [0.2, 0.25) is 0 Å². The van der Waals surface area contributed by atoms with Crippen molar-refractivity contribution in [2.75, 3.05) is 6.54 Å². The molecule has 0 saturated heterocycles. The number of hydrogen-bond donors (Lipinski definition) is 1. The van der Waals surface area contributed by atoms with Gasteiger partial charge in [0.25, 0.3) is 0 Å². The quantitative estimate of drug-likeness (QED) is 0.789. The molecule has 118 valence electrons. The smallest absolute Gasteiger partial charge is 0.140 e. The average Bonchev–Trinajstić information content (AvgIpc) is 3.02. The van der Waals surface area contributed by atoms with E-state index in [1.165, 1.54) is 6.07 Å². The first-order chi connectivity index (χ1) is 11.8. The third-order valence-electron chi connectivity index (χ3n) is 4.18. The van der Waals surface area contributed by atoms with Gasteiger partial charge < -0.3 is 5.32 Å². The number of benzene rings is 1. The highest BCUT2D eigenvalue weighted by molar-refractivity contribution is 5.83. The van der Waals surface area contributed by atoms with E-state index in [-0.39, 0.29) is 5.56 Å². The fourth-order valence-corrected chi connectivity index (χ4v) is 3.04. The number of fused-ring (bicyclic) bond motifs is 1. The molecule has 1 aliphatic rings. The van der Waals surface area contributed by atoms with Crippen molar-refractivity contribution in [3.63, 3.8) is 0 Å². The van der Waals surface area contributed by atoms with Crippen molar-refractivity contribution in [3.05, 3.63) is 59.8 Å². The molecule has 1 aliphatic heterocycles. The largest absolute Gasteiger partial charge is 0.309 e. The number of nitrogens with one attached hydrogen (secondary N) is 1. The van der Waals surface area contributed by atoms with Crippen LogP contribution in [0.3, 0.4) is 0 Å². The Kier molecular flexibility index (Phi) is 3.56. The lowest BCUT2D eigenvalue weighted by Crippen LogP contribution is -2.28. The van der Waals surface area contributed by atoms with Crippen LogP contribution in [0.4, 0.5) is 4.39 Å². The molecule has 0 amide bonds. The summed E-state index contributed by atoms with van der Waals surface area (Å²) in [6, 6.07) is 10.3. The van der Waals surface area contributed by atoms with E-state index in [0.717, 1.165) is 47.7 Å². The second kappa shape index (κ2) is 5.87. The Morgan fingerprint density at radius 3 is 2.79 bits per heavy atom. The summed E-state index contributed by atoms with van der Waals surface area (Å²) < 4.78 is 15.7. The number of aromatic nitrogens is 3. The average molecular weight is 319 g/mol. The molecule has 0 fully saturated rings. The molecule has 0 aliphatic carbocycles. The normalized spacial score (nSPS) is 13.3. The molecule has 1 N–H and O–H groups in total. The van der Waals surface area contributed by atoms with E-state index in [0.29, 0.717) is 0 Å². The summed E-state index contributed by atoms with van der Waals surface area (Å²) >= 11 is 0. The maximum atomic E-state index is 13.7. The number of hydrogen-bond acceptors (Lipinski definition) is 4. The second-order valence-corrected chi connectivity index (χ2v) is 5.61. The SMILES string of the molecule is N#Cc1cc(-c2nn3c(c2-c2ccncc2)CNCC3)ccc1F. The van der Waals surface area contributed by atoms with Crippen molar-refractivity contribution in [1.82, 2.24) is 20.1 Å². The predicted molar refractivity (Wildman–Crippen MR) is 87.3 cm³/mol. The van der Waals surface area contributed by atoms with Gasteiger partial charge in [-0.25, -0.2) is 4.39 Å². The Morgan fingerprint density at radius 2 is 2.00 bits per heavy atom. The van der Waals surface area contributed by atoms with Gasteiger partial charge in [0, 0.05) is 36.6 Å². The minimum absolute atomic E-state index is 0.0253. The fourth-order valence-electron chi connectivity index (χ4n) is 3.04. The van der Waals surface area contributed by atoms with Crippen molar-refractivity contribution >= 4 is 0 Å². The lowest BCUT2D eigenvalue weighted by molar-refractivity contribution is 0.477. The first-order valence-corrected chi connectivity index (χ1v) is 7.69. The van der Waals surface area contributed by atoms with E-state index in [9.17, 15) is 4.39 Å². The molecule has 0 bridgehead atoms. The molecular weight excluding hydrogens is 305 g/mol. The van der Waals surface area contributed by atoms with Crippen molar-refractivity contribution in [2.24, 2.45) is 0 Å². The first-order valence-electron chi connectivity index (χ1n) is 7.69. The van der Waals surface area contributed by atoms with Crippen molar-refractivity contribution in [2.45, 2.75) is 13.1 Å². The Bertz CT molecular complexity index is 940. The van der Waals surface area contributed by atoms with Crippen LogP contribution in [-0.2, 0) is 13.1 Å². The maximum Gasteiger partial charge on any atom is 0.140 e. The Hall–Kier alpha value is -3.04. The zero-order valence-corrected chi connectivity index (χ0v) is 12.8. The van der Waals surface area contributed by atoms with E-state index in [1.54, 1.807) is 24.5 Å². The molecule has 3 aromatic rings. The molecule has 6 heteroatoms. The number of halogens is 1. The predicted octanol–water partition coefficient (Wildman–Crippen LogP) is 2.73. The fraction of sp³-hybridized carbons (Fsp3) is 0.167. The van der Waals surface area contributed by atoms with Gasteiger partial charge in [0.15, 0.2) is 0 Å². The lowest BCUT2D eigenvalue weighted by atomic mass is 9.98. The van der Waals surface area contributed by atoms with Crippen molar-refractivity contribution in [1.29, 1.82) is 5.26 Å². The summed E-state index contributed by atoms with van der Waals surface area (Å²) in [6.07, 6.45) is 3.48. The van der Waals surface area contributed by atoms with Crippen LogP contribution in [0.5, 0.6) is 0 Å². The van der Waals surface area contributed by atoms with E-state index < -0.39 is 5.82 Å². The topological polar surface area (TPSA) is 66.5 Å². The van der Waals surface area contributed by atoms with Crippen LogP contribution in [-0.4, -0.2) is 21.3 Å². The summed E-state index contributed by atoms with van der Waals surface area (Å²) in [7, 11) is 0. The van der Waals surface area contributed by atoms with E-state index >= 15 is 0 Å². The summed E-state index contributed by atoms with van der Waals surface area (Å²) in [5.41, 5.74) is 4.62. The summed E-state index contributed by atoms with van der Waals surface area (Å²) in [5, 5.41) is 17.2. The molecule has 0 spiro atoms. The number of nitriles is 1. The highest BCUT2D eigenvalue weighted by Crippen LogP contribution is 2.35. The first kappa shape index (κ1) is 14.5. The molecular formula is C18H14FN5. The molecule has 3 heterocycles. The molecule has 24 heavy (non-hydrogen) atoms. The monoisotopic (exact) mass is 319 g/mol. The van der Waals surface area contributed by atoms with Gasteiger partial charge in [0.1, 0.15) is 17.6 Å². The maximum absolute atomic E-state index is 13.7. The summed E-state index contributed by atoms with van der Waals surface area (Å²) in [4.78, 5) is 4.07. The van der Waals surface area contributed by atoms with Gasteiger partial charge in [-0.15, -0.1) is 0 Å². The molecule has 5 nitrogen and oxygen atoms in total. The Balaban J connectivity index is 1.96. The Morgan fingerprint density at radius 1 is 1.17 bits per heavy atom. The standard InChI is InChI=1S/C18H14FN5/c19-15-2-1-13(9-14(15)10-20)18-17(12-3-5-21-6-4-12)16-11-22-7-8-24(16)23-18/h1-6,9,22H,7-8,11H2. The van der Waals surface area contributed by atoms with Gasteiger partial charge >= 0.3 is 0 Å². The van der Waals surface area contributed by atoms with Crippen molar-refractivity contribution < 1.29 is 4.39 Å². The zero-order valence-electron chi connectivity index (χ0n) is 12.8. The van der Waals surface area contributed by atoms with E-state index in [2.05, 4.69) is 10.3 Å². The van der Waals surface area contributed by atoms with Crippen LogP contribution in [0.15, 0.2) is 42.7 Å². The van der Waals surface area contributed by atoms with Crippen LogP contribution >= 0.6 is 0 Å². The molecule has 2 aromatic heterocycles. The van der Waals surface area contributed by atoms with Gasteiger partial charge in [-0.3, -0.25) is 9.67 Å². The van der Waals surface area contributed by atoms with Gasteiger partial charge in [0.05, 0.1) is 17.8 Å². The lowest BCUT2D eigenvalue weighted by Gasteiger charge is -2.16. The molecule has 1 aromatic carbocycles. The van der Waals surface area contributed by atoms with Crippen LogP contribution < -0.4 is 5.32 Å². The Labute approximate surface area is 138 Å². The summed E-state index contributed by atoms with van der Waals surface area (Å²) in [6.45, 7) is 2.35. The molecule has 0 radical (unpaired) electrons. The van der Waals surface area contributed by atoms with Crippen LogP contribution in [0, 0.1) is 17.1 Å². The van der Waals surface area contributed by atoms with Crippen molar-refractivity contribution in [3.8, 4) is 28.5 Å². The van der Waals surface area contributed by atoms with Crippen LogP contribution in [0.25, 0.3) is 22.4 Å². The van der Waals surface area contributed by atoms with Gasteiger partial charge in [-0.05, 0) is 35.9 Å². The van der Waals surface area contributed by atoms with Crippen LogP contribution in [0.2, 0.25) is 0 Å².